The van der Waals surface area contributed by atoms with E-state index in [-0.39, 0.29) is 37.1 Å². The predicted octanol–water partition coefficient (Wildman–Crippen LogP) is -0.460. The third kappa shape index (κ3) is 7.75. The molecule has 1 amide bonds. The fourth-order valence-electron chi connectivity index (χ4n) is 2.41. The minimum Gasteiger partial charge on any atom is -0.373 e. The lowest BCUT2D eigenvalue weighted by atomic mass is 10.1. The standard InChI is InChI=1S/C13H27N3O4S/c1-10(16-8-11(2)20-12(3)9-16)7-14-13(17)5-6-15-21(4,18)19/h10-12,15H,5-9H2,1-4H3,(H,14,17)/t10-,11+,12+/m0/s1. The Bertz CT molecular complexity index is 431. The normalized spacial score (nSPS) is 25.5. The van der Waals surface area contributed by atoms with Crippen molar-refractivity contribution in [3.05, 3.63) is 0 Å². The third-order valence-corrected chi connectivity index (χ3v) is 4.11. The second-order valence-electron chi connectivity index (χ2n) is 5.78. The molecule has 0 aliphatic carbocycles. The van der Waals surface area contributed by atoms with Crippen LogP contribution in [0, 0.1) is 0 Å². The Morgan fingerprint density at radius 3 is 2.43 bits per heavy atom. The van der Waals surface area contributed by atoms with Gasteiger partial charge in [-0.15, -0.1) is 0 Å². The average Bonchev–Trinajstić information content (AvgIpc) is 2.33. The van der Waals surface area contributed by atoms with Crippen molar-refractivity contribution in [1.29, 1.82) is 0 Å². The molecule has 0 bridgehead atoms. The molecule has 1 rings (SSSR count). The van der Waals surface area contributed by atoms with E-state index in [0.29, 0.717) is 6.54 Å². The number of carbonyl (C=O) groups is 1. The van der Waals surface area contributed by atoms with Gasteiger partial charge >= 0.3 is 0 Å². The maximum Gasteiger partial charge on any atom is 0.221 e. The van der Waals surface area contributed by atoms with E-state index in [1.807, 2.05) is 13.8 Å². The van der Waals surface area contributed by atoms with Crippen molar-refractivity contribution in [2.75, 3.05) is 32.4 Å². The third-order valence-electron chi connectivity index (χ3n) is 3.38. The van der Waals surface area contributed by atoms with E-state index in [1.54, 1.807) is 0 Å². The van der Waals surface area contributed by atoms with Crippen LogP contribution in [0.25, 0.3) is 0 Å². The zero-order valence-electron chi connectivity index (χ0n) is 13.3. The predicted molar refractivity (Wildman–Crippen MR) is 81.5 cm³/mol. The first kappa shape index (κ1) is 18.3. The van der Waals surface area contributed by atoms with Crippen molar-refractivity contribution in [2.45, 2.75) is 45.4 Å². The van der Waals surface area contributed by atoms with E-state index in [0.717, 1.165) is 19.3 Å². The van der Waals surface area contributed by atoms with Crippen LogP contribution in [-0.4, -0.2) is 69.9 Å². The summed E-state index contributed by atoms with van der Waals surface area (Å²) in [4.78, 5) is 14.0. The maximum atomic E-state index is 11.7. The van der Waals surface area contributed by atoms with Crippen molar-refractivity contribution < 1.29 is 17.9 Å². The number of ether oxygens (including phenoxy) is 1. The van der Waals surface area contributed by atoms with Gasteiger partial charge in [-0.05, 0) is 20.8 Å². The highest BCUT2D eigenvalue weighted by Gasteiger charge is 2.25. The Balaban J connectivity index is 2.25. The number of amides is 1. The number of hydrogen-bond donors (Lipinski definition) is 2. The Labute approximate surface area is 127 Å². The lowest BCUT2D eigenvalue weighted by Gasteiger charge is -2.39. The summed E-state index contributed by atoms with van der Waals surface area (Å²) in [6.07, 6.45) is 1.63. The van der Waals surface area contributed by atoms with Crippen LogP contribution in [0.1, 0.15) is 27.2 Å². The highest BCUT2D eigenvalue weighted by Crippen LogP contribution is 2.13. The first-order valence-corrected chi connectivity index (χ1v) is 9.17. The van der Waals surface area contributed by atoms with Crippen LogP contribution in [0.2, 0.25) is 0 Å². The van der Waals surface area contributed by atoms with Gasteiger partial charge in [0.25, 0.3) is 0 Å². The summed E-state index contributed by atoms with van der Waals surface area (Å²) in [5.74, 6) is -0.146. The zero-order valence-corrected chi connectivity index (χ0v) is 14.1. The zero-order chi connectivity index (χ0) is 16.0. The van der Waals surface area contributed by atoms with E-state index < -0.39 is 10.0 Å². The van der Waals surface area contributed by atoms with Gasteiger partial charge in [-0.3, -0.25) is 9.69 Å². The second-order valence-corrected chi connectivity index (χ2v) is 7.61. The van der Waals surface area contributed by atoms with Crippen molar-refractivity contribution in [3.63, 3.8) is 0 Å². The number of carbonyl (C=O) groups excluding carboxylic acids is 1. The summed E-state index contributed by atoms with van der Waals surface area (Å²) < 4.78 is 29.8. The minimum atomic E-state index is -3.23. The van der Waals surface area contributed by atoms with Crippen molar-refractivity contribution in [3.8, 4) is 0 Å². The van der Waals surface area contributed by atoms with Crippen LogP contribution >= 0.6 is 0 Å². The summed E-state index contributed by atoms with van der Waals surface area (Å²) >= 11 is 0. The van der Waals surface area contributed by atoms with E-state index in [1.165, 1.54) is 0 Å². The molecule has 124 valence electrons. The summed E-state index contributed by atoms with van der Waals surface area (Å²) in [7, 11) is -3.23. The first-order chi connectivity index (χ1) is 9.67. The molecule has 1 fully saturated rings. The minimum absolute atomic E-state index is 0.130. The SMILES string of the molecule is C[C@@H]1CN([C@@H](C)CNC(=O)CCNS(C)(=O)=O)C[C@@H](C)O1. The van der Waals surface area contributed by atoms with Gasteiger partial charge in [0.2, 0.25) is 15.9 Å². The lowest BCUT2D eigenvalue weighted by molar-refractivity contribution is -0.121. The molecule has 0 saturated carbocycles. The number of hydrogen-bond acceptors (Lipinski definition) is 5. The van der Waals surface area contributed by atoms with Gasteiger partial charge in [0, 0.05) is 38.6 Å². The molecular formula is C13H27N3O4S. The monoisotopic (exact) mass is 321 g/mol. The van der Waals surface area contributed by atoms with Crippen LogP contribution in [0.4, 0.5) is 0 Å². The number of morpholine rings is 1. The van der Waals surface area contributed by atoms with Gasteiger partial charge in [-0.1, -0.05) is 0 Å². The number of nitrogens with one attached hydrogen (secondary N) is 2. The molecule has 1 saturated heterocycles. The molecule has 0 aromatic rings. The van der Waals surface area contributed by atoms with Gasteiger partial charge in [0.1, 0.15) is 0 Å². The molecule has 21 heavy (non-hydrogen) atoms. The summed E-state index contributed by atoms with van der Waals surface area (Å²) in [5.41, 5.74) is 0. The Morgan fingerprint density at radius 1 is 1.33 bits per heavy atom. The molecule has 0 unspecified atom stereocenters. The van der Waals surface area contributed by atoms with Crippen LogP contribution in [0.5, 0.6) is 0 Å². The Hall–Kier alpha value is -0.700. The molecule has 8 heteroatoms. The van der Waals surface area contributed by atoms with E-state index in [9.17, 15) is 13.2 Å². The molecule has 0 aromatic heterocycles. The summed E-state index contributed by atoms with van der Waals surface area (Å²) in [5, 5.41) is 2.84. The molecule has 7 nitrogen and oxygen atoms in total. The average molecular weight is 321 g/mol. The molecule has 1 aliphatic rings. The smallest absolute Gasteiger partial charge is 0.221 e. The molecule has 3 atom stereocenters. The lowest BCUT2D eigenvalue weighted by Crippen LogP contribution is -2.52. The van der Waals surface area contributed by atoms with Gasteiger partial charge in [-0.2, -0.15) is 0 Å². The van der Waals surface area contributed by atoms with Crippen LogP contribution in [0.3, 0.4) is 0 Å². The van der Waals surface area contributed by atoms with Crippen molar-refractivity contribution in [2.24, 2.45) is 0 Å². The number of sulfonamides is 1. The van der Waals surface area contributed by atoms with Crippen molar-refractivity contribution >= 4 is 15.9 Å². The largest absolute Gasteiger partial charge is 0.373 e. The first-order valence-electron chi connectivity index (χ1n) is 7.28. The second kappa shape index (κ2) is 8.07. The molecule has 0 spiro atoms. The van der Waals surface area contributed by atoms with E-state index in [2.05, 4.69) is 21.9 Å². The topological polar surface area (TPSA) is 87.7 Å². The highest BCUT2D eigenvalue weighted by atomic mass is 32.2. The van der Waals surface area contributed by atoms with Gasteiger partial charge in [0.15, 0.2) is 0 Å². The molecule has 0 radical (unpaired) electrons. The van der Waals surface area contributed by atoms with Gasteiger partial charge < -0.3 is 10.1 Å². The van der Waals surface area contributed by atoms with Gasteiger partial charge in [-0.25, -0.2) is 13.1 Å². The Morgan fingerprint density at radius 2 is 1.90 bits per heavy atom. The van der Waals surface area contributed by atoms with Crippen LogP contribution in [-0.2, 0) is 19.6 Å². The highest BCUT2D eigenvalue weighted by molar-refractivity contribution is 7.88. The fourth-order valence-corrected chi connectivity index (χ4v) is 2.88. The molecule has 1 aliphatic heterocycles. The molecule has 1 heterocycles. The molecule has 0 aromatic carbocycles. The Kier molecular flexibility index (Phi) is 7.05. The maximum absolute atomic E-state index is 11.7. The summed E-state index contributed by atoms with van der Waals surface area (Å²) in [6, 6.07) is 0.227. The quantitative estimate of drug-likeness (QED) is 0.662. The fraction of sp³-hybridized carbons (Fsp3) is 0.923. The molecule has 2 N–H and O–H groups in total. The van der Waals surface area contributed by atoms with Crippen molar-refractivity contribution in [1.82, 2.24) is 14.9 Å². The van der Waals surface area contributed by atoms with Crippen LogP contribution < -0.4 is 10.0 Å². The van der Waals surface area contributed by atoms with Gasteiger partial charge in [0.05, 0.1) is 18.5 Å². The van der Waals surface area contributed by atoms with E-state index >= 15 is 0 Å². The number of nitrogens with zero attached hydrogens (tertiary/aromatic N) is 1. The van der Waals surface area contributed by atoms with Crippen LogP contribution in [0.15, 0.2) is 0 Å². The summed E-state index contributed by atoms with van der Waals surface area (Å²) in [6.45, 7) is 8.56. The molecular weight excluding hydrogens is 294 g/mol. The van der Waals surface area contributed by atoms with E-state index in [4.69, 9.17) is 4.74 Å². The number of rotatable bonds is 7.